The zero-order chi connectivity index (χ0) is 9.56. The first-order chi connectivity index (χ1) is 5.54. The summed E-state index contributed by atoms with van der Waals surface area (Å²) < 4.78 is 5.35. The number of rotatable bonds is 6. The van der Waals surface area contributed by atoms with Gasteiger partial charge in [-0.1, -0.05) is 20.8 Å². The first kappa shape index (κ1) is 11.4. The van der Waals surface area contributed by atoms with E-state index in [4.69, 9.17) is 15.9 Å². The fourth-order valence-electron chi connectivity index (χ4n) is 0.669. The predicted octanol–water partition coefficient (Wildman–Crippen LogP) is 1.62. The molecule has 1 atom stereocenters. The molecule has 0 rings (SSSR count). The molecule has 0 aromatic carbocycles. The molecule has 3 N–H and O–H groups in total. The molecule has 0 aromatic rings. The summed E-state index contributed by atoms with van der Waals surface area (Å²) in [7, 11) is 0. The highest BCUT2D eigenvalue weighted by molar-refractivity contribution is 5.79. The van der Waals surface area contributed by atoms with Crippen molar-refractivity contribution < 1.29 is 4.74 Å². The Hall–Kier alpha value is -0.570. The lowest BCUT2D eigenvalue weighted by atomic mass is 10.1. The van der Waals surface area contributed by atoms with Crippen LogP contribution in [0.15, 0.2) is 0 Å². The van der Waals surface area contributed by atoms with Crippen LogP contribution in [0.4, 0.5) is 0 Å². The second-order valence-electron chi connectivity index (χ2n) is 3.61. The van der Waals surface area contributed by atoms with Gasteiger partial charge in [-0.15, -0.1) is 0 Å². The maximum Gasteiger partial charge on any atom is 0.0957 e. The molecule has 3 heteroatoms. The van der Waals surface area contributed by atoms with E-state index in [0.29, 0.717) is 12.5 Å². The molecular formula is C9H20N2O. The highest BCUT2D eigenvalue weighted by Crippen LogP contribution is 2.01. The molecule has 0 aliphatic heterocycles. The zero-order valence-electron chi connectivity index (χ0n) is 8.26. The Morgan fingerprint density at radius 2 is 2.00 bits per heavy atom. The molecule has 0 spiro atoms. The Bertz CT molecular complexity index is 134. The molecule has 0 heterocycles. The lowest BCUT2D eigenvalue weighted by molar-refractivity contribution is 0.111. The molecule has 0 radical (unpaired) electrons. The van der Waals surface area contributed by atoms with Crippen molar-refractivity contribution in [1.82, 2.24) is 0 Å². The van der Waals surface area contributed by atoms with Gasteiger partial charge in [0.2, 0.25) is 0 Å². The number of nitrogens with two attached hydrogens (primary N) is 1. The molecule has 0 aromatic heterocycles. The minimum Gasteiger partial charge on any atom is -0.387 e. The van der Waals surface area contributed by atoms with E-state index >= 15 is 0 Å². The van der Waals surface area contributed by atoms with Gasteiger partial charge in [-0.3, -0.25) is 5.41 Å². The number of ether oxygens (including phenoxy) is 1. The van der Waals surface area contributed by atoms with Crippen molar-refractivity contribution in [3.05, 3.63) is 0 Å². The maximum atomic E-state index is 7.12. The van der Waals surface area contributed by atoms with Crippen molar-refractivity contribution in [2.24, 2.45) is 17.6 Å². The van der Waals surface area contributed by atoms with Crippen LogP contribution < -0.4 is 5.73 Å². The molecule has 0 aliphatic carbocycles. The molecule has 0 bridgehead atoms. The number of hydrogen-bond donors (Lipinski definition) is 2. The largest absolute Gasteiger partial charge is 0.387 e. The number of amidine groups is 1. The third-order valence-corrected chi connectivity index (χ3v) is 1.74. The van der Waals surface area contributed by atoms with Crippen molar-refractivity contribution in [2.75, 3.05) is 13.2 Å². The standard InChI is InChI=1S/C9H20N2O/c1-7(2)4-5-12-6-8(3)9(10)11/h7-8H,4-6H2,1-3H3,(H3,10,11). The van der Waals surface area contributed by atoms with E-state index < -0.39 is 0 Å². The van der Waals surface area contributed by atoms with E-state index in [-0.39, 0.29) is 11.8 Å². The van der Waals surface area contributed by atoms with Gasteiger partial charge >= 0.3 is 0 Å². The zero-order valence-corrected chi connectivity index (χ0v) is 8.26. The van der Waals surface area contributed by atoms with Crippen molar-refractivity contribution in [3.63, 3.8) is 0 Å². The van der Waals surface area contributed by atoms with Gasteiger partial charge in [-0.25, -0.2) is 0 Å². The molecule has 3 nitrogen and oxygen atoms in total. The minimum atomic E-state index is 0.0529. The van der Waals surface area contributed by atoms with E-state index in [1.54, 1.807) is 0 Å². The van der Waals surface area contributed by atoms with Crippen LogP contribution >= 0.6 is 0 Å². The third-order valence-electron chi connectivity index (χ3n) is 1.74. The van der Waals surface area contributed by atoms with Crippen LogP contribution in [0.5, 0.6) is 0 Å². The molecule has 0 saturated carbocycles. The molecule has 12 heavy (non-hydrogen) atoms. The Balaban J connectivity index is 3.25. The van der Waals surface area contributed by atoms with Crippen LogP contribution in [-0.4, -0.2) is 19.0 Å². The van der Waals surface area contributed by atoms with Gasteiger partial charge in [-0.05, 0) is 12.3 Å². The fourth-order valence-corrected chi connectivity index (χ4v) is 0.669. The summed E-state index contributed by atoms with van der Waals surface area (Å²) in [5, 5.41) is 7.12. The molecule has 0 fully saturated rings. The SMILES string of the molecule is CC(C)CCOCC(C)C(=N)N. The van der Waals surface area contributed by atoms with Gasteiger partial charge in [-0.2, -0.15) is 0 Å². The summed E-state index contributed by atoms with van der Waals surface area (Å²) in [4.78, 5) is 0. The van der Waals surface area contributed by atoms with E-state index in [1.807, 2.05) is 6.92 Å². The molecule has 0 saturated heterocycles. The molecule has 1 unspecified atom stereocenters. The first-order valence-corrected chi connectivity index (χ1v) is 4.45. The van der Waals surface area contributed by atoms with Gasteiger partial charge < -0.3 is 10.5 Å². The van der Waals surface area contributed by atoms with Crippen LogP contribution in [-0.2, 0) is 4.74 Å². The number of hydrogen-bond acceptors (Lipinski definition) is 2. The Kier molecular flexibility index (Phi) is 5.72. The molecule has 0 aliphatic rings. The highest BCUT2D eigenvalue weighted by Gasteiger charge is 2.04. The summed E-state index contributed by atoms with van der Waals surface area (Å²) >= 11 is 0. The second-order valence-corrected chi connectivity index (χ2v) is 3.61. The first-order valence-electron chi connectivity index (χ1n) is 4.45. The summed E-state index contributed by atoms with van der Waals surface area (Å²) in [5.74, 6) is 0.939. The predicted molar refractivity (Wildman–Crippen MR) is 51.4 cm³/mol. The van der Waals surface area contributed by atoms with E-state index in [1.165, 1.54) is 0 Å². The Morgan fingerprint density at radius 3 is 2.42 bits per heavy atom. The smallest absolute Gasteiger partial charge is 0.0957 e. The Labute approximate surface area is 74.8 Å². The quantitative estimate of drug-likeness (QED) is 0.363. The third kappa shape index (κ3) is 6.16. The summed E-state index contributed by atoms with van der Waals surface area (Å²) in [6.45, 7) is 7.57. The molecule has 72 valence electrons. The Morgan fingerprint density at radius 1 is 1.42 bits per heavy atom. The van der Waals surface area contributed by atoms with Crippen molar-refractivity contribution >= 4 is 5.84 Å². The maximum absolute atomic E-state index is 7.12. The van der Waals surface area contributed by atoms with Gasteiger partial charge in [0.05, 0.1) is 12.4 Å². The fraction of sp³-hybridized carbons (Fsp3) is 0.889. The summed E-state index contributed by atoms with van der Waals surface area (Å²) in [6.07, 6.45) is 1.07. The van der Waals surface area contributed by atoms with E-state index in [9.17, 15) is 0 Å². The van der Waals surface area contributed by atoms with Crippen molar-refractivity contribution in [3.8, 4) is 0 Å². The summed E-state index contributed by atoms with van der Waals surface area (Å²) in [5.41, 5.74) is 5.28. The highest BCUT2D eigenvalue weighted by atomic mass is 16.5. The van der Waals surface area contributed by atoms with E-state index in [2.05, 4.69) is 13.8 Å². The monoisotopic (exact) mass is 172 g/mol. The van der Waals surface area contributed by atoms with Crippen LogP contribution in [0.25, 0.3) is 0 Å². The lowest BCUT2D eigenvalue weighted by Gasteiger charge is -2.10. The number of nitrogens with one attached hydrogen (secondary N) is 1. The minimum absolute atomic E-state index is 0.0529. The second kappa shape index (κ2) is 6.00. The van der Waals surface area contributed by atoms with Crippen LogP contribution in [0, 0.1) is 17.2 Å². The van der Waals surface area contributed by atoms with Gasteiger partial charge in [0, 0.05) is 12.5 Å². The topological polar surface area (TPSA) is 59.1 Å². The van der Waals surface area contributed by atoms with Crippen molar-refractivity contribution in [2.45, 2.75) is 27.2 Å². The lowest BCUT2D eigenvalue weighted by Crippen LogP contribution is -2.24. The normalized spacial score (nSPS) is 13.3. The van der Waals surface area contributed by atoms with Gasteiger partial charge in [0.1, 0.15) is 0 Å². The average molecular weight is 172 g/mol. The van der Waals surface area contributed by atoms with Crippen LogP contribution in [0.2, 0.25) is 0 Å². The van der Waals surface area contributed by atoms with E-state index in [0.717, 1.165) is 13.0 Å². The van der Waals surface area contributed by atoms with Gasteiger partial charge in [0.25, 0.3) is 0 Å². The average Bonchev–Trinajstić information content (AvgIpc) is 1.97. The van der Waals surface area contributed by atoms with Crippen LogP contribution in [0.3, 0.4) is 0 Å². The molecular weight excluding hydrogens is 152 g/mol. The van der Waals surface area contributed by atoms with Gasteiger partial charge in [0.15, 0.2) is 0 Å². The van der Waals surface area contributed by atoms with Crippen molar-refractivity contribution in [1.29, 1.82) is 5.41 Å². The van der Waals surface area contributed by atoms with Crippen LogP contribution in [0.1, 0.15) is 27.2 Å². The molecule has 0 amide bonds. The summed E-state index contributed by atoms with van der Waals surface area (Å²) in [6, 6.07) is 0.